The van der Waals surface area contributed by atoms with E-state index in [-0.39, 0.29) is 6.61 Å². The zero-order valence-electron chi connectivity index (χ0n) is 24.6. The van der Waals surface area contributed by atoms with Crippen molar-refractivity contribution in [2.75, 3.05) is 27.4 Å². The first-order valence-corrected chi connectivity index (χ1v) is 14.7. The van der Waals surface area contributed by atoms with Crippen LogP contribution in [0.25, 0.3) is 11.0 Å². The van der Waals surface area contributed by atoms with Gasteiger partial charge in [-0.1, -0.05) is 0 Å². The predicted octanol–water partition coefficient (Wildman–Crippen LogP) is 2.36. The monoisotopic (exact) mass is 593 g/mol. The molecule has 3 aliphatic rings. The highest BCUT2D eigenvalue weighted by Crippen LogP contribution is 2.35. The second-order valence-corrected chi connectivity index (χ2v) is 11.6. The van der Waals surface area contributed by atoms with Gasteiger partial charge in [-0.05, 0) is 55.9 Å². The normalized spacial score (nSPS) is 27.1. The summed E-state index contributed by atoms with van der Waals surface area (Å²) >= 11 is 0. The number of benzene rings is 1. The van der Waals surface area contributed by atoms with Crippen molar-refractivity contribution < 1.29 is 33.9 Å². The van der Waals surface area contributed by atoms with Crippen molar-refractivity contribution in [1.82, 2.24) is 15.6 Å². The number of ether oxygens (including phenoxy) is 3. The van der Waals surface area contributed by atoms with Crippen LogP contribution in [0.3, 0.4) is 0 Å². The number of furan rings is 1. The molecule has 6 atom stereocenters. The second kappa shape index (κ2) is 12.5. The van der Waals surface area contributed by atoms with Gasteiger partial charge in [-0.15, -0.1) is 0 Å². The number of methoxy groups -OCH3 is 2. The largest absolute Gasteiger partial charge is 0.497 e. The third-order valence-corrected chi connectivity index (χ3v) is 8.46. The molecule has 0 amide bonds. The number of pyridine rings is 1. The Labute approximate surface area is 249 Å². The van der Waals surface area contributed by atoms with Crippen molar-refractivity contribution in [3.05, 3.63) is 47.9 Å². The Morgan fingerprint density at radius 1 is 1.02 bits per heavy atom. The number of guanidine groups is 1. The van der Waals surface area contributed by atoms with Gasteiger partial charge in [0.25, 0.3) is 0 Å². The maximum atomic E-state index is 10.8. The van der Waals surface area contributed by atoms with Gasteiger partial charge in [0.15, 0.2) is 5.58 Å². The predicted molar refractivity (Wildman–Crippen MR) is 160 cm³/mol. The van der Waals surface area contributed by atoms with Crippen LogP contribution in [-0.2, 0) is 6.54 Å². The lowest BCUT2D eigenvalue weighted by molar-refractivity contribution is -0.00128. The van der Waals surface area contributed by atoms with Crippen LogP contribution in [0.15, 0.2) is 50.9 Å². The molecule has 2 fully saturated rings. The second-order valence-electron chi connectivity index (χ2n) is 11.6. The van der Waals surface area contributed by atoms with Gasteiger partial charge in [0, 0.05) is 48.3 Å². The quantitative estimate of drug-likeness (QED) is 0.223. The molecule has 6 rings (SSSR count). The summed E-state index contributed by atoms with van der Waals surface area (Å²) in [4.78, 5) is 14.1. The number of aliphatic hydroxyl groups is 3. The van der Waals surface area contributed by atoms with E-state index >= 15 is 0 Å². The number of rotatable bonds is 11. The van der Waals surface area contributed by atoms with E-state index in [1.165, 1.54) is 12.8 Å². The molecule has 12 nitrogen and oxygen atoms in total. The Kier molecular flexibility index (Phi) is 8.53. The van der Waals surface area contributed by atoms with Crippen LogP contribution in [0, 0.1) is 11.8 Å². The minimum Gasteiger partial charge on any atom is -0.497 e. The van der Waals surface area contributed by atoms with Gasteiger partial charge in [-0.3, -0.25) is 5.32 Å². The summed E-state index contributed by atoms with van der Waals surface area (Å²) in [7, 11) is 3.21. The van der Waals surface area contributed by atoms with Crippen LogP contribution in [0.5, 0.6) is 17.4 Å². The number of aliphatic imine (C=N–C) groups is 2. The maximum absolute atomic E-state index is 10.8. The third kappa shape index (κ3) is 6.47. The van der Waals surface area contributed by atoms with E-state index in [4.69, 9.17) is 28.6 Å². The van der Waals surface area contributed by atoms with Crippen molar-refractivity contribution >= 4 is 22.6 Å². The van der Waals surface area contributed by atoms with E-state index < -0.39 is 36.3 Å². The molecule has 2 unspecified atom stereocenters. The Bertz CT molecular complexity index is 1480. The summed E-state index contributed by atoms with van der Waals surface area (Å²) in [5, 5.41) is 38.6. The number of aliphatic hydroxyl groups excluding tert-OH is 3. The lowest BCUT2D eigenvalue weighted by Gasteiger charge is -2.31. The fraction of sp³-hybridized carbons (Fsp3) is 0.516. The van der Waals surface area contributed by atoms with Gasteiger partial charge in [-0.25, -0.2) is 15.0 Å². The number of nitrogens with one attached hydrogen (secondary N) is 2. The first-order chi connectivity index (χ1) is 20.8. The first-order valence-electron chi connectivity index (χ1n) is 14.7. The molecule has 43 heavy (non-hydrogen) atoms. The minimum atomic E-state index is -1.06. The minimum absolute atomic E-state index is 0.215. The molecule has 0 bridgehead atoms. The van der Waals surface area contributed by atoms with Gasteiger partial charge in [0.1, 0.15) is 23.4 Å². The average Bonchev–Trinajstić information content (AvgIpc) is 3.70. The molecular weight excluding hydrogens is 554 g/mol. The van der Waals surface area contributed by atoms with Crippen LogP contribution in [0.2, 0.25) is 0 Å². The Morgan fingerprint density at radius 3 is 2.47 bits per heavy atom. The summed E-state index contributed by atoms with van der Waals surface area (Å²) in [5.41, 5.74) is 2.29. The van der Waals surface area contributed by atoms with Crippen LogP contribution in [0.1, 0.15) is 43.4 Å². The molecule has 3 aromatic rings. The number of nitrogens with zero attached hydrogens (tertiary/aromatic N) is 3. The van der Waals surface area contributed by atoms with E-state index in [0.29, 0.717) is 60.2 Å². The lowest BCUT2D eigenvalue weighted by atomic mass is 9.95. The number of fused-ring (bicyclic) bond motifs is 1. The van der Waals surface area contributed by atoms with Gasteiger partial charge >= 0.3 is 0 Å². The molecule has 12 heteroatoms. The van der Waals surface area contributed by atoms with E-state index in [0.717, 1.165) is 16.7 Å². The van der Waals surface area contributed by atoms with Crippen molar-refractivity contribution in [1.29, 1.82) is 0 Å². The molecule has 3 heterocycles. The lowest BCUT2D eigenvalue weighted by Crippen LogP contribution is -2.50. The molecule has 1 aromatic carbocycles. The summed E-state index contributed by atoms with van der Waals surface area (Å²) in [5.74, 6) is 2.75. The third-order valence-electron chi connectivity index (χ3n) is 8.46. The summed E-state index contributed by atoms with van der Waals surface area (Å²) in [6, 6.07) is 8.96. The van der Waals surface area contributed by atoms with Gasteiger partial charge in [0.05, 0.1) is 45.1 Å². The summed E-state index contributed by atoms with van der Waals surface area (Å²) in [6.07, 6.45) is 1.79. The smallest absolute Gasteiger partial charge is 0.219 e. The van der Waals surface area contributed by atoms with E-state index in [2.05, 4.69) is 15.6 Å². The standard InChI is InChI=1S/C31H39N5O7/c1-16-27(24-9-19-10-26(32-13-25(19)43-24)42-15-17-4-5-17)30(35-23-8-20(14-37)28(38)29(23)39)36-31(34-16)33-12-18-6-21(40-2)11-22(7-18)41-3/h6-7,9-11,13,17,20,23,27-30,35,37-39H,4-5,8,12,14-15H2,1-3H3,(H,33,36)/t20-,23-,27?,28-,29+,30?/m1/s1. The van der Waals surface area contributed by atoms with Crippen molar-refractivity contribution in [2.24, 2.45) is 21.8 Å². The SMILES string of the molecule is COc1cc(CNC2=NC(N[C@@H]3C[C@H](CO)[C@@H](O)[C@H]3O)C(c3cc4cc(OCC5CC5)ncc4o3)C(C)=N2)cc(OC)c1. The van der Waals surface area contributed by atoms with Crippen LogP contribution >= 0.6 is 0 Å². The zero-order chi connectivity index (χ0) is 30.1. The van der Waals surface area contributed by atoms with E-state index in [9.17, 15) is 15.3 Å². The highest BCUT2D eigenvalue weighted by atomic mass is 16.5. The maximum Gasteiger partial charge on any atom is 0.219 e. The first kappa shape index (κ1) is 29.4. The average molecular weight is 594 g/mol. The molecule has 2 saturated carbocycles. The summed E-state index contributed by atoms with van der Waals surface area (Å²) in [6.45, 7) is 2.78. The van der Waals surface area contributed by atoms with Crippen LogP contribution in [-0.4, -0.2) is 83.8 Å². The highest BCUT2D eigenvalue weighted by Gasteiger charge is 2.44. The van der Waals surface area contributed by atoms with Crippen molar-refractivity contribution in [3.63, 3.8) is 0 Å². The summed E-state index contributed by atoms with van der Waals surface area (Å²) < 4.78 is 22.9. The van der Waals surface area contributed by atoms with Crippen molar-refractivity contribution in [3.8, 4) is 17.4 Å². The van der Waals surface area contributed by atoms with E-state index in [1.54, 1.807) is 26.5 Å². The molecule has 5 N–H and O–H groups in total. The van der Waals surface area contributed by atoms with Gasteiger partial charge in [-0.2, -0.15) is 0 Å². The molecule has 230 valence electrons. The number of hydrogen-bond donors (Lipinski definition) is 5. The molecule has 0 saturated heterocycles. The van der Waals surface area contributed by atoms with Gasteiger partial charge < -0.3 is 39.3 Å². The van der Waals surface area contributed by atoms with Gasteiger partial charge in [0.2, 0.25) is 11.8 Å². The Balaban J connectivity index is 1.26. The Hall–Kier alpha value is -3.71. The zero-order valence-corrected chi connectivity index (χ0v) is 24.6. The molecule has 1 aliphatic heterocycles. The van der Waals surface area contributed by atoms with Crippen LogP contribution in [0.4, 0.5) is 0 Å². The molecular formula is C31H39N5O7. The van der Waals surface area contributed by atoms with E-state index in [1.807, 2.05) is 31.2 Å². The fourth-order valence-electron chi connectivity index (χ4n) is 5.79. The van der Waals surface area contributed by atoms with Crippen molar-refractivity contribution in [2.45, 2.75) is 63.1 Å². The van der Waals surface area contributed by atoms with Crippen LogP contribution < -0.4 is 24.8 Å². The highest BCUT2D eigenvalue weighted by molar-refractivity contribution is 6.02. The number of hydrogen-bond acceptors (Lipinski definition) is 12. The Morgan fingerprint density at radius 2 is 1.79 bits per heavy atom. The molecule has 2 aromatic heterocycles. The topological polar surface area (TPSA) is 163 Å². The molecule has 0 radical (unpaired) electrons. The molecule has 2 aliphatic carbocycles. The molecule has 0 spiro atoms. The fourth-order valence-corrected chi connectivity index (χ4v) is 5.79. The number of aromatic nitrogens is 1.